The van der Waals surface area contributed by atoms with E-state index in [9.17, 15) is 8.42 Å². The van der Waals surface area contributed by atoms with Crippen molar-refractivity contribution < 1.29 is 60.0 Å². The molecule has 0 radical (unpaired) electrons. The maximum Gasteiger partial charge on any atom is 0.264 e. The zero-order chi connectivity index (χ0) is 52.2. The molecule has 0 saturated carbocycles. The first kappa shape index (κ1) is 54.8. The Morgan fingerprint density at radius 1 is 0.329 bits per heavy atom. The van der Waals surface area contributed by atoms with E-state index in [2.05, 4.69) is 0 Å². The third-order valence-electron chi connectivity index (χ3n) is 12.9. The third kappa shape index (κ3) is 16.5. The van der Waals surface area contributed by atoms with E-state index in [0.717, 1.165) is 45.2 Å². The van der Waals surface area contributed by atoms with Crippen LogP contribution in [0.5, 0.6) is 0 Å². The molecule has 0 bridgehead atoms. The molecule has 10 unspecified atom stereocenters. The quantitative estimate of drug-likeness (QED) is 0.0453. The Bertz CT molecular complexity index is 2820. The first-order valence-corrected chi connectivity index (χ1v) is 27.5. The van der Waals surface area contributed by atoms with Gasteiger partial charge in [-0.15, -0.1) is 0 Å². The Labute approximate surface area is 446 Å². The van der Waals surface area contributed by atoms with Crippen LogP contribution in [-0.2, 0) is 108 Å². The minimum absolute atomic E-state index is 0.0375. The smallest absolute Gasteiger partial charge is 0.264 e. The lowest BCUT2D eigenvalue weighted by Crippen LogP contribution is -2.66. The van der Waals surface area contributed by atoms with E-state index in [1.807, 2.05) is 212 Å². The second-order valence-electron chi connectivity index (χ2n) is 18.8. The molecule has 9 rings (SSSR count). The van der Waals surface area contributed by atoms with Crippen LogP contribution in [0, 0.1) is 0 Å². The molecule has 398 valence electrons. The molecule has 14 heteroatoms. The highest BCUT2D eigenvalue weighted by atomic mass is 32.2. The van der Waals surface area contributed by atoms with Gasteiger partial charge in [0.25, 0.3) is 10.1 Å². The Hall–Kier alpha value is -5.95. The van der Waals surface area contributed by atoms with Crippen LogP contribution in [0.25, 0.3) is 0 Å². The van der Waals surface area contributed by atoms with Crippen LogP contribution in [-0.4, -0.2) is 89.3 Å². The molecular weight excluding hydrogens is 985 g/mol. The van der Waals surface area contributed by atoms with Crippen molar-refractivity contribution in [1.82, 2.24) is 0 Å². The van der Waals surface area contributed by atoms with Crippen molar-refractivity contribution in [3.8, 4) is 0 Å². The second-order valence-corrected chi connectivity index (χ2v) is 20.4. The summed E-state index contributed by atoms with van der Waals surface area (Å²) in [6.07, 6.45) is -9.64. The molecule has 10 atom stereocenters. The lowest BCUT2D eigenvalue weighted by atomic mass is 9.96. The molecule has 13 nitrogen and oxygen atoms in total. The van der Waals surface area contributed by atoms with Gasteiger partial charge in [0, 0.05) is 0 Å². The Morgan fingerprint density at radius 2 is 0.618 bits per heavy atom. The minimum atomic E-state index is -4.19. The molecular formula is C62H66O13S. The highest BCUT2D eigenvalue weighted by Gasteiger charge is 2.55. The lowest BCUT2D eigenvalue weighted by molar-refractivity contribution is -0.373. The van der Waals surface area contributed by atoms with Crippen molar-refractivity contribution in [2.45, 2.75) is 108 Å². The summed E-state index contributed by atoms with van der Waals surface area (Å²) in [7, 11) is -4.19. The van der Waals surface area contributed by atoms with Crippen LogP contribution in [0.15, 0.2) is 212 Å². The second kappa shape index (κ2) is 28.4. The first-order valence-electron chi connectivity index (χ1n) is 25.7. The van der Waals surface area contributed by atoms with Gasteiger partial charge in [0.15, 0.2) is 18.7 Å². The van der Waals surface area contributed by atoms with Gasteiger partial charge in [-0.3, -0.25) is 4.18 Å². The van der Waals surface area contributed by atoms with E-state index >= 15 is 0 Å². The van der Waals surface area contributed by atoms with Crippen LogP contribution < -0.4 is 0 Å². The van der Waals surface area contributed by atoms with Gasteiger partial charge in [0.05, 0.1) is 65.7 Å². The molecule has 2 heterocycles. The van der Waals surface area contributed by atoms with E-state index in [1.54, 1.807) is 0 Å². The molecule has 0 spiro atoms. The summed E-state index contributed by atoms with van der Waals surface area (Å²) in [6, 6.07) is 68.4. The molecule has 2 aliphatic rings. The van der Waals surface area contributed by atoms with Gasteiger partial charge in [-0.1, -0.05) is 212 Å². The van der Waals surface area contributed by atoms with Gasteiger partial charge in [-0.2, -0.15) is 8.42 Å². The predicted octanol–water partition coefficient (Wildman–Crippen LogP) is 10.2. The predicted molar refractivity (Wildman–Crippen MR) is 285 cm³/mol. The lowest BCUT2D eigenvalue weighted by Gasteiger charge is -2.50. The maximum absolute atomic E-state index is 13.5. The van der Waals surface area contributed by atoms with Gasteiger partial charge in [0.1, 0.15) is 42.7 Å². The van der Waals surface area contributed by atoms with Gasteiger partial charge in [0.2, 0.25) is 0 Å². The van der Waals surface area contributed by atoms with E-state index in [0.29, 0.717) is 6.61 Å². The first-order chi connectivity index (χ1) is 37.3. The van der Waals surface area contributed by atoms with Crippen LogP contribution in [0.1, 0.15) is 38.9 Å². The zero-order valence-corrected chi connectivity index (χ0v) is 43.4. The molecule has 2 fully saturated rings. The topological polar surface area (TPSA) is 136 Å². The Balaban J connectivity index is 1.13. The summed E-state index contributed by atoms with van der Waals surface area (Å²) < 4.78 is 102. The largest absolute Gasteiger partial charge is 0.374 e. The van der Waals surface area contributed by atoms with E-state index < -0.39 is 71.5 Å². The van der Waals surface area contributed by atoms with Crippen LogP contribution in [0.4, 0.5) is 0 Å². The number of rotatable bonds is 27. The average Bonchev–Trinajstić information content (AvgIpc) is 3.45. The van der Waals surface area contributed by atoms with Gasteiger partial charge in [-0.25, -0.2) is 0 Å². The highest BCUT2D eigenvalue weighted by molar-refractivity contribution is 7.86. The van der Waals surface area contributed by atoms with Gasteiger partial charge in [-0.05, 0) is 38.9 Å². The van der Waals surface area contributed by atoms with E-state index in [-0.39, 0.29) is 52.9 Å². The van der Waals surface area contributed by atoms with Crippen molar-refractivity contribution in [1.29, 1.82) is 0 Å². The molecule has 0 amide bonds. The summed E-state index contributed by atoms with van der Waals surface area (Å²) in [4.78, 5) is 0. The van der Waals surface area contributed by atoms with Crippen molar-refractivity contribution in [3.63, 3.8) is 0 Å². The summed E-state index contributed by atoms with van der Waals surface area (Å²) in [6.45, 7) is 1.25. The Kier molecular flexibility index (Phi) is 20.5. The fraction of sp³-hybridized carbons (Fsp3) is 0.323. The van der Waals surface area contributed by atoms with Crippen molar-refractivity contribution in [2.75, 3.05) is 19.5 Å². The van der Waals surface area contributed by atoms with Crippen LogP contribution in [0.3, 0.4) is 0 Å². The van der Waals surface area contributed by atoms with Crippen LogP contribution in [0.2, 0.25) is 0 Å². The van der Waals surface area contributed by atoms with E-state index in [1.165, 1.54) is 0 Å². The van der Waals surface area contributed by atoms with E-state index in [4.69, 9.17) is 51.6 Å². The minimum Gasteiger partial charge on any atom is -0.374 e. The van der Waals surface area contributed by atoms with Crippen molar-refractivity contribution >= 4 is 10.1 Å². The number of benzene rings is 7. The Morgan fingerprint density at radius 3 is 0.987 bits per heavy atom. The van der Waals surface area contributed by atoms with Gasteiger partial charge < -0.3 is 47.4 Å². The van der Waals surface area contributed by atoms with Crippen LogP contribution >= 0.6 is 0 Å². The molecule has 0 aromatic heterocycles. The highest BCUT2D eigenvalue weighted by Crippen LogP contribution is 2.37. The monoisotopic (exact) mass is 1050 g/mol. The van der Waals surface area contributed by atoms with Crippen molar-refractivity contribution in [2.24, 2.45) is 0 Å². The molecule has 76 heavy (non-hydrogen) atoms. The average molecular weight is 1050 g/mol. The normalized spacial score (nSPS) is 23.8. The fourth-order valence-corrected chi connectivity index (χ4v) is 9.81. The zero-order valence-electron chi connectivity index (χ0n) is 42.6. The standard InChI is InChI=1S/C62H66O13S/c1-76(63,64)75-60-58(69-41-50-31-17-6-18-32-50)56(54(45-66-38-47-25-11-3-12-26-47)72-61(60)71-43-52-35-21-8-22-36-52)74-62-59(70-42-51-33-19-7-20-34-51)57(68-40-49-29-15-5-16-30-49)55(67-39-48-27-13-4-14-28-48)53(73-62)44-65-37-46-23-9-2-10-24-46/h2-36,53-62H,37-45H2,1H3. The molecule has 2 aliphatic heterocycles. The number of ether oxygens (including phenoxy) is 10. The number of hydrogen-bond acceptors (Lipinski definition) is 13. The molecule has 7 aromatic carbocycles. The molecule has 7 aromatic rings. The fourth-order valence-electron chi connectivity index (χ4n) is 9.20. The number of hydrogen-bond donors (Lipinski definition) is 0. The SMILES string of the molecule is CS(=O)(=O)OC1C(OCc2ccccc2)OC(COCc2ccccc2)C(OC2OC(COCc3ccccc3)C(OCc3ccccc3)C(OCc3ccccc3)C2OCc2ccccc2)C1OCc1ccccc1. The summed E-state index contributed by atoms with van der Waals surface area (Å²) >= 11 is 0. The molecule has 0 aliphatic carbocycles. The maximum atomic E-state index is 13.5. The van der Waals surface area contributed by atoms with Crippen molar-refractivity contribution in [3.05, 3.63) is 251 Å². The van der Waals surface area contributed by atoms with Gasteiger partial charge >= 0.3 is 0 Å². The summed E-state index contributed by atoms with van der Waals surface area (Å²) in [5.41, 5.74) is 6.35. The summed E-state index contributed by atoms with van der Waals surface area (Å²) in [5, 5.41) is 0. The summed E-state index contributed by atoms with van der Waals surface area (Å²) in [5.74, 6) is 0. The molecule has 0 N–H and O–H groups in total. The third-order valence-corrected chi connectivity index (χ3v) is 13.5. The molecule has 2 saturated heterocycles.